The van der Waals surface area contributed by atoms with E-state index in [1.165, 1.54) is 12.1 Å². The van der Waals surface area contributed by atoms with Gasteiger partial charge >= 0.3 is 64.7 Å². The van der Waals surface area contributed by atoms with Crippen LogP contribution in [-0.4, -0.2) is 22.5 Å². The summed E-state index contributed by atoms with van der Waals surface area (Å²) in [6, 6.07) is 3.64. The maximum atomic E-state index is 12.4. The minimum atomic E-state index is -0.509. The molecule has 1 aromatic rings. The predicted octanol–water partition coefficient (Wildman–Crippen LogP) is 0.491. The Hall–Kier alpha value is -0.121. The van der Waals surface area contributed by atoms with Gasteiger partial charge in [0.15, 0.2) is 0 Å². The van der Waals surface area contributed by atoms with Crippen LogP contribution < -0.4 is 3.58 Å². The van der Waals surface area contributed by atoms with Gasteiger partial charge in [-0.05, 0) is 0 Å². The number of hydrogen-bond donors (Lipinski definition) is 0. The molecule has 0 fully saturated rings. The molecule has 0 atom stereocenters. The van der Waals surface area contributed by atoms with Crippen molar-refractivity contribution in [2.24, 2.45) is 0 Å². The number of rotatable bonds is 0. The molecule has 46 valence electrons. The summed E-state index contributed by atoms with van der Waals surface area (Å²) in [6.07, 6.45) is 0. The third kappa shape index (κ3) is 1.64. The Kier molecular flexibility index (Phi) is 2.05. The van der Waals surface area contributed by atoms with Crippen LogP contribution in [0.3, 0.4) is 0 Å². The van der Waals surface area contributed by atoms with Gasteiger partial charge in [0.05, 0.1) is 0 Å². The van der Waals surface area contributed by atoms with E-state index in [0.29, 0.717) is 26.1 Å². The molecule has 1 rings (SSSR count). The Labute approximate surface area is 65.0 Å². The Morgan fingerprint density at radius 2 is 1.89 bits per heavy atom. The molecule has 0 saturated heterocycles. The predicted molar refractivity (Wildman–Crippen MR) is 33.1 cm³/mol. The molecular formula is C6H4F2Sn. The van der Waals surface area contributed by atoms with Gasteiger partial charge in [0, 0.05) is 0 Å². The Morgan fingerprint density at radius 1 is 1.22 bits per heavy atom. The molecule has 0 spiro atoms. The Morgan fingerprint density at radius 3 is 2.33 bits per heavy atom. The van der Waals surface area contributed by atoms with Crippen molar-refractivity contribution in [3.63, 3.8) is 0 Å². The summed E-state index contributed by atoms with van der Waals surface area (Å²) in [5.74, 6) is -0.942. The van der Waals surface area contributed by atoms with Gasteiger partial charge in [0.25, 0.3) is 0 Å². The van der Waals surface area contributed by atoms with Gasteiger partial charge in [-0.15, -0.1) is 0 Å². The molecule has 0 unspecified atom stereocenters. The van der Waals surface area contributed by atoms with E-state index in [-0.39, 0.29) is 0 Å². The third-order valence-electron chi connectivity index (χ3n) is 0.962. The molecule has 0 heterocycles. The fourth-order valence-electron chi connectivity index (χ4n) is 0.502. The normalized spacial score (nSPS) is 9.67. The van der Waals surface area contributed by atoms with Crippen LogP contribution in [0.1, 0.15) is 0 Å². The van der Waals surface area contributed by atoms with Crippen LogP contribution >= 0.6 is 0 Å². The van der Waals surface area contributed by atoms with Crippen LogP contribution in [0.15, 0.2) is 18.2 Å². The van der Waals surface area contributed by atoms with Crippen molar-refractivity contribution < 1.29 is 8.78 Å². The average Bonchev–Trinajstić information content (AvgIpc) is 1.80. The van der Waals surface area contributed by atoms with Crippen molar-refractivity contribution in [1.82, 2.24) is 0 Å². The topological polar surface area (TPSA) is 0 Å². The van der Waals surface area contributed by atoms with Crippen molar-refractivity contribution >= 4 is 26.1 Å². The molecule has 0 N–H and O–H groups in total. The van der Waals surface area contributed by atoms with Crippen molar-refractivity contribution in [3.8, 4) is 0 Å². The fraction of sp³-hybridized carbons (Fsp3) is 0. The molecule has 0 bridgehead atoms. The van der Waals surface area contributed by atoms with Crippen LogP contribution in [0.5, 0.6) is 0 Å². The number of benzene rings is 1. The van der Waals surface area contributed by atoms with E-state index in [0.717, 1.165) is 6.07 Å². The second-order valence-electron chi connectivity index (χ2n) is 1.67. The van der Waals surface area contributed by atoms with Gasteiger partial charge in [-0.25, -0.2) is 0 Å². The Bertz CT molecular complexity index is 222. The first kappa shape index (κ1) is 6.99. The van der Waals surface area contributed by atoms with Crippen LogP contribution in [-0.2, 0) is 0 Å². The summed E-state index contributed by atoms with van der Waals surface area (Å²) in [4.78, 5) is 0. The zero-order valence-corrected chi connectivity index (χ0v) is 7.86. The van der Waals surface area contributed by atoms with Gasteiger partial charge in [-0.3, -0.25) is 0 Å². The standard InChI is InChI=1S/C6H3F2.Sn.H/c7-5-2-1-3-6(8)4-5;;/h1-2,4H;;. The second-order valence-corrected chi connectivity index (χ2v) is 3.44. The van der Waals surface area contributed by atoms with Gasteiger partial charge in [-0.2, -0.15) is 0 Å². The quantitative estimate of drug-likeness (QED) is 0.572. The minimum absolute atomic E-state index is 0.433. The molecule has 0 aliphatic heterocycles. The Balaban J connectivity index is 3.17. The maximum absolute atomic E-state index is 12.4. The summed E-state index contributed by atoms with van der Waals surface area (Å²) >= 11 is 0.694. The van der Waals surface area contributed by atoms with Crippen LogP contribution in [0.25, 0.3) is 0 Å². The van der Waals surface area contributed by atoms with E-state index >= 15 is 0 Å². The third-order valence-corrected chi connectivity index (χ3v) is 2.30. The zero-order chi connectivity index (χ0) is 6.85. The van der Waals surface area contributed by atoms with Gasteiger partial charge in [-0.1, -0.05) is 0 Å². The van der Waals surface area contributed by atoms with Crippen LogP contribution in [0.2, 0.25) is 0 Å². The zero-order valence-electron chi connectivity index (χ0n) is 4.57. The second kappa shape index (κ2) is 2.64. The molecule has 0 amide bonds. The molecule has 1 aromatic carbocycles. The molecule has 0 aliphatic rings. The van der Waals surface area contributed by atoms with Gasteiger partial charge in [0.1, 0.15) is 0 Å². The first-order valence-electron chi connectivity index (χ1n) is 2.40. The van der Waals surface area contributed by atoms with Gasteiger partial charge < -0.3 is 0 Å². The number of hydrogen-bond acceptors (Lipinski definition) is 0. The summed E-state index contributed by atoms with van der Waals surface area (Å²) in [5.41, 5.74) is 0. The molecule has 0 aromatic heterocycles. The van der Waals surface area contributed by atoms with Crippen LogP contribution in [0.4, 0.5) is 8.78 Å². The fourth-order valence-corrected chi connectivity index (χ4v) is 1.01. The van der Waals surface area contributed by atoms with Crippen molar-refractivity contribution in [2.75, 3.05) is 0 Å². The van der Waals surface area contributed by atoms with Crippen molar-refractivity contribution in [3.05, 3.63) is 29.8 Å². The summed E-state index contributed by atoms with van der Waals surface area (Å²) in [7, 11) is 0. The van der Waals surface area contributed by atoms with Crippen molar-refractivity contribution in [1.29, 1.82) is 0 Å². The van der Waals surface area contributed by atoms with E-state index in [9.17, 15) is 8.78 Å². The van der Waals surface area contributed by atoms with Gasteiger partial charge in [0.2, 0.25) is 0 Å². The summed E-state index contributed by atoms with van der Waals surface area (Å²) < 4.78 is 25.1. The number of halogens is 2. The monoisotopic (exact) mass is 234 g/mol. The van der Waals surface area contributed by atoms with Crippen molar-refractivity contribution in [2.45, 2.75) is 0 Å². The first-order valence-corrected chi connectivity index (χ1v) is 4.05. The first-order chi connectivity index (χ1) is 4.20. The molecule has 0 aliphatic carbocycles. The average molecular weight is 233 g/mol. The van der Waals surface area contributed by atoms with E-state index in [1.807, 2.05) is 0 Å². The molecule has 9 heavy (non-hydrogen) atoms. The summed E-state index contributed by atoms with van der Waals surface area (Å²) in [5, 5.41) is 0. The SMILES string of the molecule is Fc1cc[c]([SnH])c(F)c1. The molecule has 2 radical (unpaired) electrons. The molecule has 0 nitrogen and oxygen atoms in total. The summed E-state index contributed by atoms with van der Waals surface area (Å²) in [6.45, 7) is 0. The van der Waals surface area contributed by atoms with E-state index in [4.69, 9.17) is 0 Å². The molecule has 3 heteroatoms. The van der Waals surface area contributed by atoms with E-state index < -0.39 is 11.6 Å². The van der Waals surface area contributed by atoms with E-state index in [2.05, 4.69) is 0 Å². The molecule has 0 saturated carbocycles. The molecular weight excluding hydrogens is 229 g/mol. The van der Waals surface area contributed by atoms with E-state index in [1.54, 1.807) is 0 Å². The van der Waals surface area contributed by atoms with Crippen LogP contribution in [0, 0.1) is 11.6 Å².